The Bertz CT molecular complexity index is 1190. The molecule has 168 valence electrons. The van der Waals surface area contributed by atoms with E-state index in [1.54, 1.807) is 53.3 Å². The van der Waals surface area contributed by atoms with Gasteiger partial charge in [0.1, 0.15) is 10.8 Å². The molecule has 2 aromatic carbocycles. The van der Waals surface area contributed by atoms with Crippen LogP contribution in [-0.4, -0.2) is 41.5 Å². The third-order valence-electron chi connectivity index (χ3n) is 5.42. The minimum Gasteiger partial charge on any atom is -0.308 e. The summed E-state index contributed by atoms with van der Waals surface area (Å²) in [5.74, 6) is -0.646. The van der Waals surface area contributed by atoms with Gasteiger partial charge in [-0.2, -0.15) is 9.40 Å². The zero-order valence-corrected chi connectivity index (χ0v) is 18.7. The van der Waals surface area contributed by atoms with Crippen LogP contribution in [0.1, 0.15) is 18.4 Å². The maximum absolute atomic E-state index is 13.1. The Morgan fingerprint density at radius 3 is 2.41 bits per heavy atom. The van der Waals surface area contributed by atoms with E-state index in [0.29, 0.717) is 24.4 Å². The number of halogens is 2. The summed E-state index contributed by atoms with van der Waals surface area (Å²) >= 11 is 6.22. The van der Waals surface area contributed by atoms with Crippen LogP contribution in [0.5, 0.6) is 0 Å². The summed E-state index contributed by atoms with van der Waals surface area (Å²) in [5, 5.41) is 7.35. The first-order chi connectivity index (χ1) is 15.3. The van der Waals surface area contributed by atoms with E-state index < -0.39 is 10.0 Å². The Labute approximate surface area is 190 Å². The van der Waals surface area contributed by atoms with Crippen LogP contribution < -0.4 is 5.32 Å². The first-order valence-electron chi connectivity index (χ1n) is 10.2. The molecule has 1 N–H and O–H groups in total. The molecule has 0 radical (unpaired) electrons. The van der Waals surface area contributed by atoms with E-state index in [1.807, 2.05) is 0 Å². The maximum atomic E-state index is 13.1. The van der Waals surface area contributed by atoms with Gasteiger partial charge in [-0.15, -0.1) is 0 Å². The molecule has 0 bridgehead atoms. The molecule has 0 atom stereocenters. The molecule has 10 heteroatoms. The first kappa shape index (κ1) is 22.4. The van der Waals surface area contributed by atoms with E-state index in [9.17, 15) is 17.6 Å². The van der Waals surface area contributed by atoms with Crippen molar-refractivity contribution in [2.75, 3.05) is 18.4 Å². The molecular weight excluding hydrogens is 455 g/mol. The second-order valence-corrected chi connectivity index (χ2v) is 9.98. The molecule has 0 aliphatic carbocycles. The van der Waals surface area contributed by atoms with Crippen LogP contribution >= 0.6 is 11.6 Å². The van der Waals surface area contributed by atoms with E-state index in [4.69, 9.17) is 11.6 Å². The standard InChI is InChI=1S/C22H22ClFN4O3S/c23-20-15-27(14-16-6-8-18(24)9-7-16)26-21(20)25-22(29)17-10-12-28(13-11-17)32(30,31)19-4-2-1-3-5-19/h1-9,15,17H,10-14H2,(H,25,26,29). The number of carbonyl (C=O) groups excluding carboxylic acids is 1. The molecule has 32 heavy (non-hydrogen) atoms. The molecule has 1 amide bonds. The fraction of sp³-hybridized carbons (Fsp3) is 0.273. The van der Waals surface area contributed by atoms with Crippen molar-refractivity contribution < 1.29 is 17.6 Å². The van der Waals surface area contributed by atoms with Gasteiger partial charge in [0.2, 0.25) is 15.9 Å². The van der Waals surface area contributed by atoms with Gasteiger partial charge in [-0.1, -0.05) is 41.9 Å². The summed E-state index contributed by atoms with van der Waals surface area (Å²) in [6.45, 7) is 0.912. The van der Waals surface area contributed by atoms with Crippen molar-refractivity contribution in [3.63, 3.8) is 0 Å². The van der Waals surface area contributed by atoms with Crippen LogP contribution in [0.25, 0.3) is 0 Å². The van der Waals surface area contributed by atoms with Gasteiger partial charge in [0.25, 0.3) is 0 Å². The molecule has 7 nitrogen and oxygen atoms in total. The number of hydrogen-bond acceptors (Lipinski definition) is 4. The van der Waals surface area contributed by atoms with Crippen molar-refractivity contribution in [2.24, 2.45) is 5.92 Å². The lowest BCUT2D eigenvalue weighted by atomic mass is 9.97. The third kappa shape index (κ3) is 5.01. The number of carbonyl (C=O) groups is 1. The predicted molar refractivity (Wildman–Crippen MR) is 119 cm³/mol. The van der Waals surface area contributed by atoms with Crippen LogP contribution in [0.15, 0.2) is 65.7 Å². The van der Waals surface area contributed by atoms with Crippen molar-refractivity contribution in [1.82, 2.24) is 14.1 Å². The molecule has 0 spiro atoms. The lowest BCUT2D eigenvalue weighted by Crippen LogP contribution is -2.41. The molecule has 0 unspecified atom stereocenters. The summed E-state index contributed by atoms with van der Waals surface area (Å²) < 4.78 is 41.5. The van der Waals surface area contributed by atoms with Gasteiger partial charge < -0.3 is 5.32 Å². The molecule has 4 rings (SSSR count). The van der Waals surface area contributed by atoms with Gasteiger partial charge in [-0.05, 0) is 42.7 Å². The Balaban J connectivity index is 1.35. The van der Waals surface area contributed by atoms with Gasteiger partial charge >= 0.3 is 0 Å². The highest BCUT2D eigenvalue weighted by molar-refractivity contribution is 7.89. The van der Waals surface area contributed by atoms with Crippen LogP contribution in [0.4, 0.5) is 10.2 Å². The second-order valence-electron chi connectivity index (χ2n) is 7.63. The summed E-state index contributed by atoms with van der Waals surface area (Å²) in [4.78, 5) is 13.0. The van der Waals surface area contributed by atoms with Crippen molar-refractivity contribution in [3.8, 4) is 0 Å². The molecule has 1 aromatic heterocycles. The number of amides is 1. The summed E-state index contributed by atoms with van der Waals surface area (Å²) in [7, 11) is -3.56. The minimum absolute atomic E-state index is 0.240. The number of aromatic nitrogens is 2. The third-order valence-corrected chi connectivity index (χ3v) is 7.61. The normalized spacial score (nSPS) is 15.6. The molecule has 1 fully saturated rings. The van der Waals surface area contributed by atoms with E-state index in [1.165, 1.54) is 16.4 Å². The lowest BCUT2D eigenvalue weighted by molar-refractivity contribution is -0.120. The second kappa shape index (κ2) is 9.40. The van der Waals surface area contributed by atoms with E-state index >= 15 is 0 Å². The molecule has 3 aromatic rings. The highest BCUT2D eigenvalue weighted by Gasteiger charge is 2.32. The Morgan fingerprint density at radius 1 is 1.09 bits per heavy atom. The molecule has 1 saturated heterocycles. The topological polar surface area (TPSA) is 84.3 Å². The zero-order chi connectivity index (χ0) is 22.7. The number of rotatable bonds is 6. The van der Waals surface area contributed by atoms with Crippen molar-refractivity contribution >= 4 is 33.3 Å². The molecule has 0 saturated carbocycles. The number of nitrogens with one attached hydrogen (secondary N) is 1. The monoisotopic (exact) mass is 476 g/mol. The molecule has 1 aliphatic heterocycles. The lowest BCUT2D eigenvalue weighted by Gasteiger charge is -2.30. The fourth-order valence-corrected chi connectivity index (χ4v) is 5.35. The van der Waals surface area contributed by atoms with Crippen LogP contribution in [0, 0.1) is 11.7 Å². The predicted octanol–water partition coefficient (Wildman–Crippen LogP) is 3.76. The van der Waals surface area contributed by atoms with Gasteiger partial charge in [-0.25, -0.2) is 12.8 Å². The van der Waals surface area contributed by atoms with E-state index in [0.717, 1.165) is 5.56 Å². The SMILES string of the molecule is O=C(Nc1nn(Cc2ccc(F)cc2)cc1Cl)C1CCN(S(=O)(=O)c2ccccc2)CC1. The zero-order valence-electron chi connectivity index (χ0n) is 17.1. The minimum atomic E-state index is -3.56. The fourth-order valence-electron chi connectivity index (χ4n) is 3.66. The van der Waals surface area contributed by atoms with E-state index in [2.05, 4.69) is 10.4 Å². The Kier molecular flexibility index (Phi) is 6.59. The average Bonchev–Trinajstić information content (AvgIpc) is 3.14. The molecule has 2 heterocycles. The first-order valence-corrected chi connectivity index (χ1v) is 12.0. The number of piperidine rings is 1. The number of sulfonamides is 1. The number of nitrogens with zero attached hydrogens (tertiary/aromatic N) is 3. The number of hydrogen-bond donors (Lipinski definition) is 1. The molecular formula is C22H22ClFN4O3S. The van der Waals surface area contributed by atoms with Gasteiger partial charge in [0, 0.05) is 25.2 Å². The highest BCUT2D eigenvalue weighted by atomic mass is 35.5. The summed E-state index contributed by atoms with van der Waals surface area (Å²) in [5.41, 5.74) is 0.843. The van der Waals surface area contributed by atoms with Crippen LogP contribution in [-0.2, 0) is 21.4 Å². The van der Waals surface area contributed by atoms with Crippen molar-refractivity contribution in [1.29, 1.82) is 0 Å². The smallest absolute Gasteiger partial charge is 0.243 e. The highest BCUT2D eigenvalue weighted by Crippen LogP contribution is 2.26. The van der Waals surface area contributed by atoms with Crippen molar-refractivity contribution in [2.45, 2.75) is 24.3 Å². The van der Waals surface area contributed by atoms with Crippen molar-refractivity contribution in [3.05, 3.63) is 77.2 Å². The summed E-state index contributed by atoms with van der Waals surface area (Å²) in [6.07, 6.45) is 2.41. The van der Waals surface area contributed by atoms with Crippen LogP contribution in [0.3, 0.4) is 0 Å². The number of anilines is 1. The van der Waals surface area contributed by atoms with Gasteiger partial charge in [0.15, 0.2) is 5.82 Å². The molecule has 1 aliphatic rings. The Morgan fingerprint density at radius 2 is 1.75 bits per heavy atom. The largest absolute Gasteiger partial charge is 0.308 e. The summed E-state index contributed by atoms with van der Waals surface area (Å²) in [6, 6.07) is 14.3. The Hall–Kier alpha value is -2.75. The van der Waals surface area contributed by atoms with Gasteiger partial charge in [-0.3, -0.25) is 9.48 Å². The van der Waals surface area contributed by atoms with Gasteiger partial charge in [0.05, 0.1) is 11.4 Å². The average molecular weight is 477 g/mol. The van der Waals surface area contributed by atoms with Crippen LogP contribution in [0.2, 0.25) is 5.02 Å². The number of benzene rings is 2. The van der Waals surface area contributed by atoms with E-state index in [-0.39, 0.29) is 41.4 Å². The quantitative estimate of drug-likeness (QED) is 0.587. The maximum Gasteiger partial charge on any atom is 0.243 e.